The van der Waals surface area contributed by atoms with Gasteiger partial charge >= 0.3 is 0 Å². The van der Waals surface area contributed by atoms with Gasteiger partial charge in [0.05, 0.1) is 27.0 Å². The molecule has 2 amide bonds. The van der Waals surface area contributed by atoms with Crippen LogP contribution in [0.15, 0.2) is 58.5 Å². The molecule has 0 radical (unpaired) electrons. The summed E-state index contributed by atoms with van der Waals surface area (Å²) in [6.45, 7) is -0.0939. The summed E-state index contributed by atoms with van der Waals surface area (Å²) in [6, 6.07) is 11.9. The number of aromatic nitrogens is 4. The highest BCUT2D eigenvalue weighted by atomic mass is 32.1. The van der Waals surface area contributed by atoms with Crippen LogP contribution in [0.25, 0.3) is 11.4 Å². The molecule has 1 saturated carbocycles. The van der Waals surface area contributed by atoms with Gasteiger partial charge in [-0.3, -0.25) is 9.59 Å². The van der Waals surface area contributed by atoms with Crippen LogP contribution in [0, 0.1) is 0 Å². The highest BCUT2D eigenvalue weighted by Crippen LogP contribution is 2.31. The number of methoxy groups -OCH3 is 2. The van der Waals surface area contributed by atoms with Crippen molar-refractivity contribution in [2.45, 2.75) is 57.3 Å². The Balaban J connectivity index is 1.40. The van der Waals surface area contributed by atoms with Crippen molar-refractivity contribution in [2.75, 3.05) is 14.2 Å². The Morgan fingerprint density at radius 3 is 2.65 bits per heavy atom. The van der Waals surface area contributed by atoms with Gasteiger partial charge in [0, 0.05) is 16.5 Å². The molecule has 0 spiro atoms. The van der Waals surface area contributed by atoms with Gasteiger partial charge < -0.3 is 24.1 Å². The topological polar surface area (TPSA) is 125 Å². The molecule has 0 bridgehead atoms. The van der Waals surface area contributed by atoms with Crippen LogP contribution < -0.4 is 14.8 Å². The standard InChI is InChI=1S/C28H32N6O5S/c1-37-22-13-12-19(16-23(22)38-2)27-30-32-34(31-27)18-25(35)33(17-21-10-6-14-39-21)26(24-11-7-15-40-24)28(36)29-20-8-4-3-5-9-20/h6-7,10-16,20,26H,3-5,8-9,17-18H2,1-2H3,(H,29,36). The first-order chi connectivity index (χ1) is 19.6. The van der Waals surface area contributed by atoms with E-state index in [4.69, 9.17) is 13.9 Å². The Labute approximate surface area is 236 Å². The van der Waals surface area contributed by atoms with Gasteiger partial charge in [-0.2, -0.15) is 4.80 Å². The van der Waals surface area contributed by atoms with Gasteiger partial charge in [-0.15, -0.1) is 21.5 Å². The summed E-state index contributed by atoms with van der Waals surface area (Å²) in [7, 11) is 3.11. The number of furan rings is 1. The average molecular weight is 565 g/mol. The number of carbonyl (C=O) groups is 2. The smallest absolute Gasteiger partial charge is 0.248 e. The molecule has 3 aromatic heterocycles. The summed E-state index contributed by atoms with van der Waals surface area (Å²) in [5.74, 6) is 1.46. The van der Waals surface area contributed by atoms with Crippen LogP contribution in [0.1, 0.15) is 48.8 Å². The second kappa shape index (κ2) is 12.8. The first-order valence-electron chi connectivity index (χ1n) is 13.2. The van der Waals surface area contributed by atoms with Crippen molar-refractivity contribution in [3.8, 4) is 22.9 Å². The number of ether oxygens (including phenoxy) is 2. The minimum Gasteiger partial charge on any atom is -0.493 e. The quantitative estimate of drug-likeness (QED) is 0.287. The van der Waals surface area contributed by atoms with E-state index in [1.54, 1.807) is 50.8 Å². The number of nitrogens with zero attached hydrogens (tertiary/aromatic N) is 5. The van der Waals surface area contributed by atoms with E-state index >= 15 is 0 Å². The minimum atomic E-state index is -0.826. The zero-order valence-corrected chi connectivity index (χ0v) is 23.3. The molecule has 11 nitrogen and oxygen atoms in total. The molecule has 1 fully saturated rings. The zero-order valence-electron chi connectivity index (χ0n) is 22.5. The lowest BCUT2D eigenvalue weighted by Gasteiger charge is -2.32. The fraction of sp³-hybridized carbons (Fsp3) is 0.393. The lowest BCUT2D eigenvalue weighted by Crippen LogP contribution is -2.47. The minimum absolute atomic E-state index is 0.102. The number of hydrogen-bond donors (Lipinski definition) is 1. The van der Waals surface area contributed by atoms with Gasteiger partial charge in [-0.1, -0.05) is 25.3 Å². The van der Waals surface area contributed by atoms with Crippen LogP contribution in [0.2, 0.25) is 0 Å². The number of tetrazole rings is 1. The van der Waals surface area contributed by atoms with Crippen molar-refractivity contribution >= 4 is 23.2 Å². The van der Waals surface area contributed by atoms with Crippen LogP contribution >= 0.6 is 11.3 Å². The van der Waals surface area contributed by atoms with Crippen LogP contribution in [0.4, 0.5) is 0 Å². The summed E-state index contributed by atoms with van der Waals surface area (Å²) < 4.78 is 16.2. The summed E-state index contributed by atoms with van der Waals surface area (Å²) >= 11 is 1.44. The SMILES string of the molecule is COc1ccc(-c2nnn(CC(=O)N(Cc3ccco3)C(C(=O)NC3CCCCC3)c3cccs3)n2)cc1OC. The largest absolute Gasteiger partial charge is 0.493 e. The number of nitrogens with one attached hydrogen (secondary N) is 1. The Bertz CT molecular complexity index is 1400. The maximum Gasteiger partial charge on any atom is 0.248 e. The van der Waals surface area contributed by atoms with Crippen LogP contribution in [0.5, 0.6) is 11.5 Å². The zero-order chi connectivity index (χ0) is 27.9. The number of benzene rings is 1. The molecule has 5 rings (SSSR count). The van der Waals surface area contributed by atoms with Gasteiger partial charge in [0.1, 0.15) is 18.3 Å². The Kier molecular flexibility index (Phi) is 8.74. The molecule has 1 aliphatic carbocycles. The monoisotopic (exact) mass is 564 g/mol. The van der Waals surface area contributed by atoms with Crippen molar-refractivity contribution in [1.82, 2.24) is 30.4 Å². The van der Waals surface area contributed by atoms with Gasteiger partial charge in [-0.05, 0) is 59.8 Å². The van der Waals surface area contributed by atoms with E-state index in [1.807, 2.05) is 17.5 Å². The number of hydrogen-bond acceptors (Lipinski definition) is 9. The summed E-state index contributed by atoms with van der Waals surface area (Å²) in [6.07, 6.45) is 6.79. The number of carbonyl (C=O) groups excluding carboxylic acids is 2. The van der Waals surface area contributed by atoms with Gasteiger partial charge in [0.2, 0.25) is 17.6 Å². The molecular formula is C28H32N6O5S. The molecule has 1 atom stereocenters. The molecule has 12 heteroatoms. The highest BCUT2D eigenvalue weighted by Gasteiger charge is 2.34. The third-order valence-corrected chi connectivity index (χ3v) is 7.85. The lowest BCUT2D eigenvalue weighted by molar-refractivity contribution is -0.143. The maximum atomic E-state index is 13.8. The summed E-state index contributed by atoms with van der Waals surface area (Å²) in [4.78, 5) is 31.1. The van der Waals surface area contributed by atoms with Gasteiger partial charge in [0.25, 0.3) is 0 Å². The third kappa shape index (κ3) is 6.33. The predicted molar refractivity (Wildman–Crippen MR) is 148 cm³/mol. The average Bonchev–Trinajstić information content (AvgIpc) is 3.77. The molecule has 1 aromatic carbocycles. The first kappa shape index (κ1) is 27.4. The highest BCUT2D eigenvalue weighted by molar-refractivity contribution is 7.10. The van der Waals surface area contributed by atoms with Crippen molar-refractivity contribution in [2.24, 2.45) is 0 Å². The predicted octanol–water partition coefficient (Wildman–Crippen LogP) is 4.23. The summed E-state index contributed by atoms with van der Waals surface area (Å²) in [5.41, 5.74) is 0.659. The van der Waals surface area contributed by atoms with Gasteiger partial charge in [-0.25, -0.2) is 0 Å². The molecule has 1 unspecified atom stereocenters. The van der Waals surface area contributed by atoms with Gasteiger partial charge in [0.15, 0.2) is 11.5 Å². The molecule has 0 aliphatic heterocycles. The van der Waals surface area contributed by atoms with Crippen molar-refractivity contribution < 1.29 is 23.5 Å². The second-order valence-corrected chi connectivity index (χ2v) is 10.6. The Hall–Kier alpha value is -4.19. The van der Waals surface area contributed by atoms with Crippen molar-refractivity contribution in [3.05, 3.63) is 64.7 Å². The molecular weight excluding hydrogens is 532 g/mol. The molecule has 3 heterocycles. The summed E-state index contributed by atoms with van der Waals surface area (Å²) in [5, 5.41) is 17.8. The van der Waals surface area contributed by atoms with Crippen molar-refractivity contribution in [1.29, 1.82) is 0 Å². The number of rotatable bonds is 11. The molecule has 1 N–H and O–H groups in total. The molecule has 40 heavy (non-hydrogen) atoms. The van der Waals surface area contributed by atoms with E-state index in [0.717, 1.165) is 30.6 Å². The molecule has 4 aromatic rings. The van der Waals surface area contributed by atoms with Crippen LogP contribution in [-0.2, 0) is 22.7 Å². The number of thiophene rings is 1. The van der Waals surface area contributed by atoms with E-state index in [9.17, 15) is 9.59 Å². The van der Waals surface area contributed by atoms with Crippen molar-refractivity contribution in [3.63, 3.8) is 0 Å². The first-order valence-corrected chi connectivity index (χ1v) is 14.1. The Morgan fingerprint density at radius 1 is 1.12 bits per heavy atom. The van der Waals surface area contributed by atoms with Crippen LogP contribution in [0.3, 0.4) is 0 Å². The third-order valence-electron chi connectivity index (χ3n) is 6.92. The van der Waals surface area contributed by atoms with E-state index < -0.39 is 6.04 Å². The normalized spacial score (nSPS) is 14.4. The fourth-order valence-electron chi connectivity index (χ4n) is 4.91. The molecule has 1 aliphatic rings. The second-order valence-electron chi connectivity index (χ2n) is 9.58. The van der Waals surface area contributed by atoms with E-state index in [1.165, 1.54) is 27.5 Å². The fourth-order valence-corrected chi connectivity index (χ4v) is 5.74. The van der Waals surface area contributed by atoms with E-state index in [2.05, 4.69) is 20.7 Å². The maximum absolute atomic E-state index is 13.8. The number of amides is 2. The molecule has 0 saturated heterocycles. The Morgan fingerprint density at radius 2 is 1.95 bits per heavy atom. The molecule has 210 valence electrons. The lowest BCUT2D eigenvalue weighted by atomic mass is 9.95. The van der Waals surface area contributed by atoms with Crippen LogP contribution in [-0.4, -0.2) is 57.2 Å². The van der Waals surface area contributed by atoms with E-state index in [0.29, 0.717) is 28.6 Å². The van der Waals surface area contributed by atoms with E-state index in [-0.39, 0.29) is 30.9 Å².